The molecule has 1 saturated heterocycles. The van der Waals surface area contributed by atoms with Crippen molar-refractivity contribution in [1.82, 2.24) is 19.5 Å². The van der Waals surface area contributed by atoms with Gasteiger partial charge in [0.15, 0.2) is 11.0 Å². The number of hydrogen-bond acceptors (Lipinski definition) is 6. The molecule has 3 heterocycles. The standard InChI is InChI=1S/C18H19F2N5OS/c1-11-4-3-5-12-15(11)25(17(21-12)16(19)20)14-10-13(22-18(23-14)27-2)24-6-8-26-9-7-24/h3-5,10,16H,6-9H2,1-2H3. The second-order valence-corrected chi connectivity index (χ2v) is 6.99. The lowest BCUT2D eigenvalue weighted by Crippen LogP contribution is -2.37. The van der Waals surface area contributed by atoms with E-state index in [9.17, 15) is 8.78 Å². The molecule has 0 unspecified atom stereocenters. The summed E-state index contributed by atoms with van der Waals surface area (Å²) in [6.07, 6.45) is -0.843. The van der Waals surface area contributed by atoms with Crippen LogP contribution >= 0.6 is 11.8 Å². The fraction of sp³-hybridized carbons (Fsp3) is 0.389. The lowest BCUT2D eigenvalue weighted by atomic mass is 10.2. The van der Waals surface area contributed by atoms with Crippen molar-refractivity contribution >= 4 is 28.6 Å². The van der Waals surface area contributed by atoms with Crippen LogP contribution in [0.5, 0.6) is 0 Å². The largest absolute Gasteiger partial charge is 0.378 e. The van der Waals surface area contributed by atoms with Crippen LogP contribution in [0.1, 0.15) is 17.8 Å². The van der Waals surface area contributed by atoms with Gasteiger partial charge in [0.05, 0.1) is 24.2 Å². The number of thioether (sulfide) groups is 1. The highest BCUT2D eigenvalue weighted by Crippen LogP contribution is 2.31. The molecule has 3 aromatic rings. The Morgan fingerprint density at radius 2 is 1.85 bits per heavy atom. The van der Waals surface area contributed by atoms with Crippen LogP contribution in [0.4, 0.5) is 14.6 Å². The van der Waals surface area contributed by atoms with Gasteiger partial charge in [0, 0.05) is 19.2 Å². The minimum absolute atomic E-state index is 0.307. The van der Waals surface area contributed by atoms with E-state index in [0.717, 1.165) is 5.56 Å². The fourth-order valence-electron chi connectivity index (χ4n) is 3.25. The number of aromatic nitrogens is 4. The number of rotatable bonds is 4. The van der Waals surface area contributed by atoms with Gasteiger partial charge in [0.1, 0.15) is 11.6 Å². The van der Waals surface area contributed by atoms with E-state index < -0.39 is 6.43 Å². The van der Waals surface area contributed by atoms with Gasteiger partial charge in [0.25, 0.3) is 6.43 Å². The van der Waals surface area contributed by atoms with Gasteiger partial charge >= 0.3 is 0 Å². The number of fused-ring (bicyclic) bond motifs is 1. The van der Waals surface area contributed by atoms with Crippen LogP contribution in [0, 0.1) is 6.92 Å². The number of imidazole rings is 1. The van der Waals surface area contributed by atoms with E-state index in [2.05, 4.69) is 19.9 Å². The van der Waals surface area contributed by atoms with Crippen LogP contribution in [0.15, 0.2) is 29.4 Å². The number of benzene rings is 1. The first-order chi connectivity index (χ1) is 13.1. The highest BCUT2D eigenvalue weighted by molar-refractivity contribution is 7.98. The third-order valence-electron chi connectivity index (χ3n) is 4.52. The highest BCUT2D eigenvalue weighted by Gasteiger charge is 2.24. The second kappa shape index (κ2) is 7.40. The first kappa shape index (κ1) is 18.1. The topological polar surface area (TPSA) is 56.1 Å². The Balaban J connectivity index is 1.93. The first-order valence-electron chi connectivity index (χ1n) is 8.60. The quantitative estimate of drug-likeness (QED) is 0.500. The number of ether oxygens (including phenoxy) is 1. The maximum absolute atomic E-state index is 13.8. The van der Waals surface area contributed by atoms with E-state index in [1.807, 2.05) is 25.3 Å². The number of halogens is 2. The van der Waals surface area contributed by atoms with Gasteiger partial charge in [0.2, 0.25) is 0 Å². The number of nitrogens with zero attached hydrogens (tertiary/aromatic N) is 5. The molecule has 27 heavy (non-hydrogen) atoms. The summed E-state index contributed by atoms with van der Waals surface area (Å²) in [6.45, 7) is 4.52. The minimum atomic E-state index is -2.71. The molecule has 0 aliphatic carbocycles. The van der Waals surface area contributed by atoms with Gasteiger partial charge in [-0.05, 0) is 24.8 Å². The summed E-state index contributed by atoms with van der Waals surface area (Å²) in [5.41, 5.74) is 2.04. The number of morpholine rings is 1. The minimum Gasteiger partial charge on any atom is -0.378 e. The average Bonchev–Trinajstić information content (AvgIpc) is 3.10. The van der Waals surface area contributed by atoms with Crippen molar-refractivity contribution in [2.45, 2.75) is 18.5 Å². The normalized spacial score (nSPS) is 15.1. The van der Waals surface area contributed by atoms with Crippen LogP contribution in [0.2, 0.25) is 0 Å². The van der Waals surface area contributed by atoms with Crippen molar-refractivity contribution in [3.05, 3.63) is 35.7 Å². The maximum Gasteiger partial charge on any atom is 0.296 e. The molecule has 1 aliphatic rings. The van der Waals surface area contributed by atoms with E-state index in [1.54, 1.807) is 12.1 Å². The van der Waals surface area contributed by atoms with Gasteiger partial charge in [-0.25, -0.2) is 23.7 Å². The van der Waals surface area contributed by atoms with E-state index >= 15 is 0 Å². The molecule has 0 atom stereocenters. The van der Waals surface area contributed by atoms with Gasteiger partial charge < -0.3 is 9.64 Å². The number of alkyl halides is 2. The molecule has 0 amide bonds. The van der Waals surface area contributed by atoms with Crippen LogP contribution in [0.25, 0.3) is 16.9 Å². The lowest BCUT2D eigenvalue weighted by Gasteiger charge is -2.28. The van der Waals surface area contributed by atoms with Crippen molar-refractivity contribution in [1.29, 1.82) is 0 Å². The summed E-state index contributed by atoms with van der Waals surface area (Å²) in [5.74, 6) is 0.809. The van der Waals surface area contributed by atoms with E-state index in [-0.39, 0.29) is 5.82 Å². The molecule has 6 nitrogen and oxygen atoms in total. The summed E-state index contributed by atoms with van der Waals surface area (Å²) in [4.78, 5) is 15.3. The molecule has 1 fully saturated rings. The Morgan fingerprint density at radius 1 is 1.11 bits per heavy atom. The van der Waals surface area contributed by atoms with Gasteiger partial charge in [-0.2, -0.15) is 0 Å². The van der Waals surface area contributed by atoms with Gasteiger partial charge in [-0.1, -0.05) is 23.9 Å². The third kappa shape index (κ3) is 3.37. The summed E-state index contributed by atoms with van der Waals surface area (Å²) in [5, 5.41) is 0.532. The number of anilines is 1. The van der Waals surface area contributed by atoms with Crippen molar-refractivity contribution < 1.29 is 13.5 Å². The van der Waals surface area contributed by atoms with Gasteiger partial charge in [-0.3, -0.25) is 4.57 Å². The zero-order valence-electron chi connectivity index (χ0n) is 15.0. The molecule has 0 N–H and O–H groups in total. The van der Waals surface area contributed by atoms with Crippen LogP contribution in [-0.4, -0.2) is 52.1 Å². The molecule has 0 radical (unpaired) electrons. The lowest BCUT2D eigenvalue weighted by molar-refractivity contribution is 0.122. The summed E-state index contributed by atoms with van der Waals surface area (Å²) in [7, 11) is 0. The Bertz CT molecular complexity index is 972. The summed E-state index contributed by atoms with van der Waals surface area (Å²) >= 11 is 1.38. The summed E-state index contributed by atoms with van der Waals surface area (Å²) < 4.78 is 34.4. The zero-order valence-corrected chi connectivity index (χ0v) is 15.8. The molecule has 1 aromatic carbocycles. The van der Waals surface area contributed by atoms with Crippen molar-refractivity contribution in [2.24, 2.45) is 0 Å². The van der Waals surface area contributed by atoms with E-state index in [4.69, 9.17) is 4.74 Å². The van der Waals surface area contributed by atoms with Crippen molar-refractivity contribution in [3.8, 4) is 5.82 Å². The second-order valence-electron chi connectivity index (χ2n) is 6.22. The Labute approximate surface area is 159 Å². The summed E-state index contributed by atoms with van der Waals surface area (Å²) in [6, 6.07) is 7.20. The monoisotopic (exact) mass is 391 g/mol. The molecule has 4 rings (SSSR count). The molecule has 0 bridgehead atoms. The van der Waals surface area contributed by atoms with Crippen molar-refractivity contribution in [3.63, 3.8) is 0 Å². The Morgan fingerprint density at radius 3 is 2.56 bits per heavy atom. The van der Waals surface area contributed by atoms with Crippen LogP contribution in [0.3, 0.4) is 0 Å². The predicted molar refractivity (Wildman–Crippen MR) is 101 cm³/mol. The van der Waals surface area contributed by atoms with E-state index in [0.29, 0.717) is 54.1 Å². The maximum atomic E-state index is 13.8. The molecule has 142 valence electrons. The molecule has 0 spiro atoms. The molecule has 9 heteroatoms. The number of hydrogen-bond donors (Lipinski definition) is 0. The predicted octanol–water partition coefficient (Wildman–Crippen LogP) is 3.62. The SMILES string of the molecule is CSc1nc(N2CCOCC2)cc(-n2c(C(F)F)nc3cccc(C)c32)n1. The van der Waals surface area contributed by atoms with Crippen LogP contribution < -0.4 is 4.90 Å². The molecule has 0 saturated carbocycles. The molecule has 2 aromatic heterocycles. The molecule has 1 aliphatic heterocycles. The fourth-order valence-corrected chi connectivity index (χ4v) is 3.62. The first-order valence-corrected chi connectivity index (χ1v) is 9.83. The Hall–Kier alpha value is -2.26. The highest BCUT2D eigenvalue weighted by atomic mass is 32.2. The zero-order chi connectivity index (χ0) is 19.0. The molecular formula is C18H19F2N5OS. The average molecular weight is 391 g/mol. The van der Waals surface area contributed by atoms with Gasteiger partial charge in [-0.15, -0.1) is 0 Å². The van der Waals surface area contributed by atoms with Crippen molar-refractivity contribution in [2.75, 3.05) is 37.5 Å². The third-order valence-corrected chi connectivity index (χ3v) is 5.07. The number of aryl methyl sites for hydroxylation is 1. The number of para-hydroxylation sites is 1. The van der Waals surface area contributed by atoms with Crippen LogP contribution in [-0.2, 0) is 4.74 Å². The van der Waals surface area contributed by atoms with E-state index in [1.165, 1.54) is 16.3 Å². The molecular weight excluding hydrogens is 372 g/mol. The Kier molecular flexibility index (Phi) is 4.96. The smallest absolute Gasteiger partial charge is 0.296 e.